The Labute approximate surface area is 122 Å². The summed E-state index contributed by atoms with van der Waals surface area (Å²) in [6.45, 7) is 5.31. The van der Waals surface area contributed by atoms with Crippen molar-refractivity contribution in [1.82, 2.24) is 0 Å². The summed E-state index contributed by atoms with van der Waals surface area (Å²) in [7, 11) is 0. The zero-order valence-corrected chi connectivity index (χ0v) is 12.6. The first-order valence-corrected chi connectivity index (χ1v) is 7.71. The molecule has 112 valence electrons. The van der Waals surface area contributed by atoms with Gasteiger partial charge in [-0.25, -0.2) is 0 Å². The van der Waals surface area contributed by atoms with Crippen LogP contribution in [0.25, 0.3) is 0 Å². The number of hydrogen-bond acceptors (Lipinski definition) is 3. The molecule has 2 atom stereocenters. The summed E-state index contributed by atoms with van der Waals surface area (Å²) < 4.78 is 5.46. The van der Waals surface area contributed by atoms with Gasteiger partial charge in [0, 0.05) is 12.5 Å². The maximum absolute atomic E-state index is 10.8. The highest BCUT2D eigenvalue weighted by atomic mass is 16.5. The zero-order valence-electron chi connectivity index (χ0n) is 12.6. The molecule has 0 saturated heterocycles. The quantitative estimate of drug-likeness (QED) is 0.840. The second-order valence-corrected chi connectivity index (χ2v) is 6.15. The first-order valence-electron chi connectivity index (χ1n) is 7.71. The van der Waals surface area contributed by atoms with Crippen LogP contribution in [-0.4, -0.2) is 24.4 Å². The van der Waals surface area contributed by atoms with E-state index in [-0.39, 0.29) is 17.4 Å². The van der Waals surface area contributed by atoms with Gasteiger partial charge in [-0.15, -0.1) is 0 Å². The number of aliphatic hydroxyl groups is 1. The summed E-state index contributed by atoms with van der Waals surface area (Å²) in [4.78, 5) is 0. The molecule has 1 aliphatic carbocycles. The fraction of sp³-hybridized carbons (Fsp3) is 0.647. The Hall–Kier alpha value is -1.06. The SMILES string of the molecule is CCOc1ccc(C(CN)C(O)C2(C)CCCC2)cc1. The van der Waals surface area contributed by atoms with Gasteiger partial charge in [-0.05, 0) is 42.9 Å². The van der Waals surface area contributed by atoms with Gasteiger partial charge in [0.05, 0.1) is 12.7 Å². The zero-order chi connectivity index (χ0) is 14.6. The molecule has 0 radical (unpaired) electrons. The largest absolute Gasteiger partial charge is 0.494 e. The van der Waals surface area contributed by atoms with Crippen LogP contribution in [0.3, 0.4) is 0 Å². The Kier molecular flexibility index (Phi) is 5.06. The minimum absolute atomic E-state index is 0.00813. The third-order valence-corrected chi connectivity index (χ3v) is 4.71. The van der Waals surface area contributed by atoms with E-state index in [1.54, 1.807) is 0 Å². The monoisotopic (exact) mass is 277 g/mol. The summed E-state index contributed by atoms with van der Waals surface area (Å²) >= 11 is 0. The van der Waals surface area contributed by atoms with Gasteiger partial charge in [0.1, 0.15) is 5.75 Å². The van der Waals surface area contributed by atoms with E-state index in [0.29, 0.717) is 13.2 Å². The van der Waals surface area contributed by atoms with Gasteiger partial charge in [-0.3, -0.25) is 0 Å². The lowest BCUT2D eigenvalue weighted by Gasteiger charge is -2.35. The van der Waals surface area contributed by atoms with Crippen LogP contribution < -0.4 is 10.5 Å². The van der Waals surface area contributed by atoms with Gasteiger partial charge in [0.2, 0.25) is 0 Å². The average molecular weight is 277 g/mol. The van der Waals surface area contributed by atoms with Gasteiger partial charge in [0.25, 0.3) is 0 Å². The Morgan fingerprint density at radius 2 is 1.85 bits per heavy atom. The van der Waals surface area contributed by atoms with Crippen LogP contribution in [0, 0.1) is 5.41 Å². The summed E-state index contributed by atoms with van der Waals surface area (Å²) in [6.07, 6.45) is 4.26. The fourth-order valence-electron chi connectivity index (χ4n) is 3.39. The summed E-state index contributed by atoms with van der Waals surface area (Å²) in [5.74, 6) is 0.877. The van der Waals surface area contributed by atoms with Crippen molar-refractivity contribution >= 4 is 0 Å². The topological polar surface area (TPSA) is 55.5 Å². The van der Waals surface area contributed by atoms with Crippen molar-refractivity contribution in [2.75, 3.05) is 13.2 Å². The molecule has 1 aromatic carbocycles. The number of hydrogen-bond donors (Lipinski definition) is 2. The normalized spacial score (nSPS) is 20.6. The minimum Gasteiger partial charge on any atom is -0.494 e. The lowest BCUT2D eigenvalue weighted by atomic mass is 9.74. The summed E-state index contributed by atoms with van der Waals surface area (Å²) in [5.41, 5.74) is 7.06. The van der Waals surface area contributed by atoms with Crippen molar-refractivity contribution < 1.29 is 9.84 Å². The van der Waals surface area contributed by atoms with Gasteiger partial charge >= 0.3 is 0 Å². The van der Waals surface area contributed by atoms with Gasteiger partial charge in [-0.2, -0.15) is 0 Å². The average Bonchev–Trinajstić information content (AvgIpc) is 2.90. The number of ether oxygens (including phenoxy) is 1. The molecule has 2 unspecified atom stereocenters. The number of benzene rings is 1. The molecule has 3 N–H and O–H groups in total. The molecule has 0 aromatic heterocycles. The molecule has 0 bridgehead atoms. The Morgan fingerprint density at radius 1 is 1.25 bits per heavy atom. The maximum Gasteiger partial charge on any atom is 0.119 e. The highest BCUT2D eigenvalue weighted by Gasteiger charge is 2.40. The lowest BCUT2D eigenvalue weighted by molar-refractivity contribution is 0.0213. The number of nitrogens with two attached hydrogens (primary N) is 1. The highest BCUT2D eigenvalue weighted by Crippen LogP contribution is 2.44. The minimum atomic E-state index is -0.368. The van der Waals surface area contributed by atoms with E-state index in [9.17, 15) is 5.11 Å². The van der Waals surface area contributed by atoms with E-state index in [0.717, 1.165) is 24.2 Å². The van der Waals surface area contributed by atoms with E-state index in [2.05, 4.69) is 6.92 Å². The molecule has 1 saturated carbocycles. The molecular weight excluding hydrogens is 250 g/mol. The predicted octanol–water partition coefficient (Wildman–Crippen LogP) is 3.07. The van der Waals surface area contributed by atoms with E-state index < -0.39 is 0 Å². The van der Waals surface area contributed by atoms with E-state index in [1.807, 2.05) is 31.2 Å². The second-order valence-electron chi connectivity index (χ2n) is 6.15. The smallest absolute Gasteiger partial charge is 0.119 e. The molecule has 0 aliphatic heterocycles. The molecule has 20 heavy (non-hydrogen) atoms. The van der Waals surface area contributed by atoms with Gasteiger partial charge in [-0.1, -0.05) is 31.9 Å². The number of aliphatic hydroxyl groups excluding tert-OH is 1. The number of rotatable bonds is 6. The molecule has 0 spiro atoms. The van der Waals surface area contributed by atoms with Crippen molar-refractivity contribution in [3.63, 3.8) is 0 Å². The molecule has 1 aromatic rings. The second kappa shape index (κ2) is 6.59. The van der Waals surface area contributed by atoms with Gasteiger partial charge in [0.15, 0.2) is 0 Å². The molecule has 2 rings (SSSR count). The van der Waals surface area contributed by atoms with Gasteiger partial charge < -0.3 is 15.6 Å². The Morgan fingerprint density at radius 3 is 2.35 bits per heavy atom. The highest BCUT2D eigenvalue weighted by molar-refractivity contribution is 5.30. The predicted molar refractivity (Wildman–Crippen MR) is 82.0 cm³/mol. The van der Waals surface area contributed by atoms with Crippen LogP contribution in [0.1, 0.15) is 51.0 Å². The van der Waals surface area contributed by atoms with Crippen LogP contribution in [-0.2, 0) is 0 Å². The van der Waals surface area contributed by atoms with Crippen molar-refractivity contribution in [3.8, 4) is 5.75 Å². The van der Waals surface area contributed by atoms with Crippen molar-refractivity contribution in [2.45, 2.75) is 51.6 Å². The molecule has 3 nitrogen and oxygen atoms in total. The standard InChI is InChI=1S/C17H27NO2/c1-3-20-14-8-6-13(7-9-14)15(12-18)16(19)17(2)10-4-5-11-17/h6-9,15-16,19H,3-5,10-12,18H2,1-2H3. The summed E-state index contributed by atoms with van der Waals surface area (Å²) in [6, 6.07) is 7.99. The lowest BCUT2D eigenvalue weighted by Crippen LogP contribution is -2.38. The molecule has 1 aliphatic rings. The van der Waals surface area contributed by atoms with Crippen LogP contribution in [0.2, 0.25) is 0 Å². The van der Waals surface area contributed by atoms with E-state index in [4.69, 9.17) is 10.5 Å². The molecular formula is C17H27NO2. The fourth-order valence-corrected chi connectivity index (χ4v) is 3.39. The van der Waals surface area contributed by atoms with E-state index >= 15 is 0 Å². The Bertz CT molecular complexity index is 410. The third kappa shape index (κ3) is 3.15. The van der Waals surface area contributed by atoms with Crippen LogP contribution in [0.5, 0.6) is 5.75 Å². The molecule has 1 fully saturated rings. The Balaban J connectivity index is 2.14. The van der Waals surface area contributed by atoms with Crippen LogP contribution >= 0.6 is 0 Å². The van der Waals surface area contributed by atoms with Crippen molar-refractivity contribution in [2.24, 2.45) is 11.1 Å². The van der Waals surface area contributed by atoms with Crippen LogP contribution in [0.15, 0.2) is 24.3 Å². The first-order chi connectivity index (χ1) is 9.60. The molecule has 0 amide bonds. The molecule has 0 heterocycles. The van der Waals surface area contributed by atoms with Crippen molar-refractivity contribution in [3.05, 3.63) is 29.8 Å². The van der Waals surface area contributed by atoms with Crippen LogP contribution in [0.4, 0.5) is 0 Å². The first kappa shape index (κ1) is 15.3. The third-order valence-electron chi connectivity index (χ3n) is 4.71. The summed E-state index contributed by atoms with van der Waals surface area (Å²) in [5, 5.41) is 10.8. The van der Waals surface area contributed by atoms with E-state index in [1.165, 1.54) is 12.8 Å². The maximum atomic E-state index is 10.8. The van der Waals surface area contributed by atoms with Crippen molar-refractivity contribution in [1.29, 1.82) is 0 Å². The molecule has 3 heteroatoms.